The van der Waals surface area contributed by atoms with Crippen LogP contribution in [0.1, 0.15) is 41.2 Å². The van der Waals surface area contributed by atoms with Gasteiger partial charge in [-0.05, 0) is 56.0 Å². The summed E-state index contributed by atoms with van der Waals surface area (Å²) in [5.74, 6) is -1.91. The molecule has 2 fully saturated rings. The number of aromatic nitrogens is 1. The van der Waals surface area contributed by atoms with Crippen LogP contribution in [0.3, 0.4) is 0 Å². The van der Waals surface area contributed by atoms with Crippen LogP contribution in [0.4, 0.5) is 5.69 Å². The molecule has 0 radical (unpaired) electrons. The van der Waals surface area contributed by atoms with Crippen LogP contribution in [0.5, 0.6) is 5.75 Å². The zero-order chi connectivity index (χ0) is 26.6. The molecule has 0 saturated carbocycles. The van der Waals surface area contributed by atoms with Crippen LogP contribution < -0.4 is 9.77 Å². The van der Waals surface area contributed by atoms with Crippen molar-refractivity contribution in [1.29, 1.82) is 0 Å². The summed E-state index contributed by atoms with van der Waals surface area (Å²) in [6, 6.07) is 13.8. The van der Waals surface area contributed by atoms with E-state index < -0.39 is 17.1 Å². The summed E-state index contributed by atoms with van der Waals surface area (Å²) in [5.41, 5.74) is 2.28. The summed E-state index contributed by atoms with van der Waals surface area (Å²) < 4.78 is 1.48. The first-order chi connectivity index (χ1) is 18.3. The Labute approximate surface area is 227 Å². The molecule has 8 nitrogen and oxygen atoms in total. The predicted octanol–water partition coefficient (Wildman–Crippen LogP) is 3.73. The van der Waals surface area contributed by atoms with E-state index in [1.54, 1.807) is 41.3 Å². The third kappa shape index (κ3) is 4.16. The monoisotopic (exact) mass is 549 g/mol. The van der Waals surface area contributed by atoms with Crippen molar-refractivity contribution in [2.24, 2.45) is 5.92 Å². The van der Waals surface area contributed by atoms with Gasteiger partial charge in [0.2, 0.25) is 17.7 Å². The Morgan fingerprint density at radius 1 is 0.947 bits per heavy atom. The number of carbonyl (C=O) groups is 3. The van der Waals surface area contributed by atoms with Crippen LogP contribution in [-0.4, -0.2) is 50.6 Å². The summed E-state index contributed by atoms with van der Waals surface area (Å²) in [6.45, 7) is 3.23. The molecule has 10 heteroatoms. The summed E-state index contributed by atoms with van der Waals surface area (Å²) in [4.78, 5) is 57.4. The lowest BCUT2D eigenvalue weighted by atomic mass is 9.83. The number of carbonyl (C=O) groups excluding carboxylic acids is 3. The van der Waals surface area contributed by atoms with Gasteiger partial charge in [0, 0.05) is 23.9 Å². The Morgan fingerprint density at radius 3 is 2.32 bits per heavy atom. The second kappa shape index (κ2) is 9.74. The van der Waals surface area contributed by atoms with Crippen LogP contribution >= 0.6 is 23.1 Å². The number of amides is 3. The number of hydrogen-bond acceptors (Lipinski definition) is 7. The summed E-state index contributed by atoms with van der Waals surface area (Å²) in [5, 5.41) is 9.73. The zero-order valence-electron chi connectivity index (χ0n) is 20.8. The highest BCUT2D eigenvalue weighted by atomic mass is 32.2. The normalized spacial score (nSPS) is 22.9. The molecule has 3 atom stereocenters. The fourth-order valence-electron chi connectivity index (χ4n) is 5.62. The topological polar surface area (TPSA) is 99.9 Å². The third-order valence-corrected chi connectivity index (χ3v) is 10.2. The molecule has 6 rings (SSSR count). The molecule has 0 aliphatic carbocycles. The van der Waals surface area contributed by atoms with Gasteiger partial charge in [-0.25, -0.2) is 4.90 Å². The van der Waals surface area contributed by atoms with Crippen LogP contribution in [0.15, 0.2) is 58.4 Å². The minimum Gasteiger partial charge on any atom is -0.508 e. The van der Waals surface area contributed by atoms with Gasteiger partial charge in [-0.1, -0.05) is 52.9 Å². The largest absolute Gasteiger partial charge is 0.508 e. The number of nitrogens with zero attached hydrogens (tertiary/aromatic N) is 3. The highest BCUT2D eigenvalue weighted by Crippen LogP contribution is 2.54. The molecule has 2 saturated heterocycles. The van der Waals surface area contributed by atoms with Gasteiger partial charge in [0.05, 0.1) is 16.6 Å². The van der Waals surface area contributed by atoms with Gasteiger partial charge in [0.25, 0.3) is 0 Å². The molecule has 3 aliphatic heterocycles. The van der Waals surface area contributed by atoms with Gasteiger partial charge in [0.1, 0.15) is 17.5 Å². The van der Waals surface area contributed by atoms with Gasteiger partial charge < -0.3 is 10.0 Å². The smallest absolute Gasteiger partial charge is 0.308 e. The van der Waals surface area contributed by atoms with Crippen molar-refractivity contribution in [3.63, 3.8) is 0 Å². The van der Waals surface area contributed by atoms with E-state index in [1.807, 2.05) is 19.1 Å². The minimum atomic E-state index is -0.736. The van der Waals surface area contributed by atoms with E-state index in [4.69, 9.17) is 0 Å². The number of aryl methyl sites for hydroxylation is 1. The maximum absolute atomic E-state index is 13.9. The number of piperidine rings is 1. The van der Waals surface area contributed by atoms with Crippen LogP contribution in [0.25, 0.3) is 0 Å². The van der Waals surface area contributed by atoms with E-state index in [9.17, 15) is 24.3 Å². The molecule has 3 amide bonds. The lowest BCUT2D eigenvalue weighted by Gasteiger charge is -2.31. The quantitative estimate of drug-likeness (QED) is 0.498. The summed E-state index contributed by atoms with van der Waals surface area (Å²) in [6.07, 6.45) is 3.00. The number of aromatic hydroxyl groups is 1. The van der Waals surface area contributed by atoms with Crippen molar-refractivity contribution in [2.75, 3.05) is 18.0 Å². The average molecular weight is 550 g/mol. The highest BCUT2D eigenvalue weighted by Gasteiger charge is 2.56. The fraction of sp³-hybridized carbons (Fsp3) is 0.357. The molecule has 3 aliphatic rings. The van der Waals surface area contributed by atoms with Gasteiger partial charge in [-0.3, -0.25) is 23.7 Å². The molecule has 2 aromatic carbocycles. The first-order valence-corrected chi connectivity index (χ1v) is 14.4. The predicted molar refractivity (Wildman–Crippen MR) is 146 cm³/mol. The molecule has 196 valence electrons. The number of fused-ring (bicyclic) bond motifs is 2. The number of rotatable bonds is 4. The number of thioether (sulfide) groups is 1. The van der Waals surface area contributed by atoms with Gasteiger partial charge >= 0.3 is 4.87 Å². The van der Waals surface area contributed by atoms with Crippen molar-refractivity contribution < 1.29 is 19.5 Å². The van der Waals surface area contributed by atoms with E-state index in [1.165, 1.54) is 21.2 Å². The van der Waals surface area contributed by atoms with Crippen molar-refractivity contribution in [2.45, 2.75) is 48.9 Å². The zero-order valence-corrected chi connectivity index (χ0v) is 22.5. The number of phenolic OH excluding ortho intramolecular Hbond substituents is 1. The van der Waals surface area contributed by atoms with Crippen LogP contribution in [-0.2, 0) is 20.9 Å². The van der Waals surface area contributed by atoms with Gasteiger partial charge in [0.15, 0.2) is 0 Å². The van der Waals surface area contributed by atoms with Gasteiger partial charge in [-0.15, -0.1) is 0 Å². The second-order valence-electron chi connectivity index (χ2n) is 10.0. The number of phenols is 1. The average Bonchev–Trinajstić information content (AvgIpc) is 3.36. The molecule has 3 unspecified atom stereocenters. The first kappa shape index (κ1) is 24.9. The number of likely N-dealkylation sites (tertiary alicyclic amines) is 1. The molecule has 0 bridgehead atoms. The van der Waals surface area contributed by atoms with Crippen LogP contribution in [0.2, 0.25) is 0 Å². The SMILES string of the molecule is Cc1ccc(N2C(=O)C3Sc4c(sc(=O)n4CC(=O)N4CCCCC4)C(c4ccc(O)cc4)C3C2=O)cc1. The van der Waals surface area contributed by atoms with Crippen molar-refractivity contribution in [3.05, 3.63) is 74.2 Å². The molecule has 1 aromatic heterocycles. The van der Waals surface area contributed by atoms with Crippen molar-refractivity contribution in [3.8, 4) is 5.75 Å². The van der Waals surface area contributed by atoms with Crippen molar-refractivity contribution in [1.82, 2.24) is 9.47 Å². The number of thiazole rings is 1. The van der Waals surface area contributed by atoms with E-state index in [0.29, 0.717) is 28.7 Å². The lowest BCUT2D eigenvalue weighted by Crippen LogP contribution is -2.39. The Hall–Kier alpha value is -3.37. The summed E-state index contributed by atoms with van der Waals surface area (Å²) in [7, 11) is 0. The molecule has 4 heterocycles. The Bertz CT molecular complexity index is 1470. The molecule has 38 heavy (non-hydrogen) atoms. The van der Waals surface area contributed by atoms with E-state index in [0.717, 1.165) is 41.7 Å². The maximum atomic E-state index is 13.9. The lowest BCUT2D eigenvalue weighted by molar-refractivity contribution is -0.133. The van der Waals surface area contributed by atoms with E-state index >= 15 is 0 Å². The number of imide groups is 1. The summed E-state index contributed by atoms with van der Waals surface area (Å²) >= 11 is 2.25. The fourth-order valence-corrected chi connectivity index (χ4v) is 8.40. The number of benzene rings is 2. The molecular weight excluding hydrogens is 522 g/mol. The number of hydrogen-bond donors (Lipinski definition) is 1. The number of anilines is 1. The highest BCUT2D eigenvalue weighted by molar-refractivity contribution is 8.00. The molecular formula is C28H27N3O5S2. The Balaban J connectivity index is 1.43. The van der Waals surface area contributed by atoms with E-state index in [-0.39, 0.29) is 34.9 Å². The third-order valence-electron chi connectivity index (χ3n) is 7.60. The standard InChI is InChI=1S/C28H27N3O5S2/c1-16-5-9-18(10-6-16)31-25(34)22-21(17-7-11-19(32)12-8-17)24-27(37-23(22)26(31)35)30(28(36)38-24)15-20(33)29-13-3-2-4-14-29/h5-12,21-23,32H,2-4,13-15H2,1H3. The van der Waals surface area contributed by atoms with E-state index in [2.05, 4.69) is 0 Å². The Kier molecular flexibility index (Phi) is 6.39. The molecule has 1 N–H and O–H groups in total. The second-order valence-corrected chi connectivity index (χ2v) is 12.2. The first-order valence-electron chi connectivity index (χ1n) is 12.7. The van der Waals surface area contributed by atoms with Gasteiger partial charge in [-0.2, -0.15) is 0 Å². The Morgan fingerprint density at radius 2 is 1.63 bits per heavy atom. The maximum Gasteiger partial charge on any atom is 0.308 e. The minimum absolute atomic E-state index is 0.0822. The van der Waals surface area contributed by atoms with Crippen LogP contribution in [0, 0.1) is 12.8 Å². The molecule has 0 spiro atoms. The van der Waals surface area contributed by atoms with Crippen molar-refractivity contribution >= 4 is 46.5 Å². The molecule has 3 aromatic rings.